The van der Waals surface area contributed by atoms with Crippen LogP contribution >= 0.6 is 0 Å². The van der Waals surface area contributed by atoms with Crippen molar-refractivity contribution in [2.45, 2.75) is 31.4 Å². The zero-order chi connectivity index (χ0) is 21.3. The van der Waals surface area contributed by atoms with E-state index in [1.807, 2.05) is 30.3 Å². The van der Waals surface area contributed by atoms with Gasteiger partial charge in [-0.15, -0.1) is 0 Å². The first-order valence-electron chi connectivity index (χ1n) is 9.82. The van der Waals surface area contributed by atoms with E-state index >= 15 is 0 Å². The van der Waals surface area contributed by atoms with Gasteiger partial charge in [-0.3, -0.25) is 9.59 Å². The van der Waals surface area contributed by atoms with E-state index in [1.165, 1.54) is 0 Å². The lowest BCUT2D eigenvalue weighted by atomic mass is 9.95. The van der Waals surface area contributed by atoms with Crippen LogP contribution in [0.25, 0.3) is 11.4 Å². The van der Waals surface area contributed by atoms with Gasteiger partial charge in [0.15, 0.2) is 0 Å². The summed E-state index contributed by atoms with van der Waals surface area (Å²) in [7, 11) is 0. The van der Waals surface area contributed by atoms with Crippen molar-refractivity contribution in [3.05, 3.63) is 36.2 Å². The topological polar surface area (TPSA) is 79.5 Å². The van der Waals surface area contributed by atoms with Gasteiger partial charge in [0.2, 0.25) is 23.5 Å². The molecule has 2 aliphatic rings. The number of piperidine rings is 1. The molecular formula is C20H21F3N4O3. The first-order chi connectivity index (χ1) is 14.3. The van der Waals surface area contributed by atoms with Crippen molar-refractivity contribution < 1.29 is 27.3 Å². The van der Waals surface area contributed by atoms with Gasteiger partial charge in [0.05, 0.1) is 5.92 Å². The maximum absolute atomic E-state index is 12.7. The molecule has 2 amide bonds. The number of amides is 2. The van der Waals surface area contributed by atoms with Gasteiger partial charge in [-0.2, -0.15) is 18.2 Å². The molecule has 0 saturated carbocycles. The van der Waals surface area contributed by atoms with Gasteiger partial charge in [0, 0.05) is 37.5 Å². The molecule has 1 aromatic carbocycles. The molecule has 1 unspecified atom stereocenters. The minimum atomic E-state index is -4.46. The standard InChI is InChI=1S/C20H21F3N4O3/c21-20(22,23)12-27-11-15(10-16(27)28)19(29)26-8-6-14(7-9-26)18-24-17(25-30-18)13-4-2-1-3-5-13/h1-5,14-15H,6-12H2. The number of rotatable bonds is 4. The van der Waals surface area contributed by atoms with Crippen LogP contribution in [-0.2, 0) is 9.59 Å². The molecule has 2 aliphatic heterocycles. The first kappa shape index (κ1) is 20.4. The number of likely N-dealkylation sites (tertiary alicyclic amines) is 2. The minimum Gasteiger partial charge on any atom is -0.342 e. The molecule has 4 rings (SSSR count). The lowest BCUT2D eigenvalue weighted by Gasteiger charge is -2.32. The minimum absolute atomic E-state index is 0.0194. The van der Waals surface area contributed by atoms with Gasteiger partial charge in [-0.25, -0.2) is 0 Å². The molecule has 0 bridgehead atoms. The second kappa shape index (κ2) is 8.08. The highest BCUT2D eigenvalue weighted by Crippen LogP contribution is 2.31. The summed E-state index contributed by atoms with van der Waals surface area (Å²) in [5, 5.41) is 4.02. The Balaban J connectivity index is 1.32. The molecule has 1 atom stereocenters. The summed E-state index contributed by atoms with van der Waals surface area (Å²) in [5.41, 5.74) is 0.856. The van der Waals surface area contributed by atoms with Crippen molar-refractivity contribution in [2.24, 2.45) is 5.92 Å². The average Bonchev–Trinajstić information content (AvgIpc) is 3.35. The van der Waals surface area contributed by atoms with Crippen LogP contribution in [0.1, 0.15) is 31.1 Å². The Morgan fingerprint density at radius 3 is 2.53 bits per heavy atom. The maximum Gasteiger partial charge on any atom is 0.406 e. The molecule has 2 aromatic rings. The Kier molecular flexibility index (Phi) is 5.48. The third-order valence-electron chi connectivity index (χ3n) is 5.56. The lowest BCUT2D eigenvalue weighted by molar-refractivity contribution is -0.157. The van der Waals surface area contributed by atoms with Crippen LogP contribution in [0.5, 0.6) is 0 Å². The summed E-state index contributed by atoms with van der Waals surface area (Å²) in [4.78, 5) is 31.3. The number of carbonyl (C=O) groups excluding carboxylic acids is 2. The lowest BCUT2D eigenvalue weighted by Crippen LogP contribution is -2.42. The fourth-order valence-corrected chi connectivity index (χ4v) is 4.02. The summed E-state index contributed by atoms with van der Waals surface area (Å²) in [6, 6.07) is 9.46. The first-order valence-corrected chi connectivity index (χ1v) is 9.82. The van der Waals surface area contributed by atoms with Crippen molar-refractivity contribution in [3.8, 4) is 11.4 Å². The number of hydrogen-bond donors (Lipinski definition) is 0. The second-order valence-electron chi connectivity index (χ2n) is 7.71. The maximum atomic E-state index is 12.7. The van der Waals surface area contributed by atoms with Gasteiger partial charge in [0.25, 0.3) is 0 Å². The van der Waals surface area contributed by atoms with Gasteiger partial charge >= 0.3 is 6.18 Å². The van der Waals surface area contributed by atoms with Crippen LogP contribution in [-0.4, -0.2) is 64.1 Å². The molecule has 2 fully saturated rings. The van der Waals surface area contributed by atoms with Crippen LogP contribution in [0.3, 0.4) is 0 Å². The number of hydrogen-bond acceptors (Lipinski definition) is 5. The zero-order valence-corrected chi connectivity index (χ0v) is 16.1. The van der Waals surface area contributed by atoms with Crippen molar-refractivity contribution in [2.75, 3.05) is 26.2 Å². The van der Waals surface area contributed by atoms with Gasteiger partial charge < -0.3 is 14.3 Å². The quantitative estimate of drug-likeness (QED) is 0.757. The molecule has 30 heavy (non-hydrogen) atoms. The van der Waals surface area contributed by atoms with Crippen LogP contribution in [0, 0.1) is 5.92 Å². The molecule has 160 valence electrons. The smallest absolute Gasteiger partial charge is 0.342 e. The van der Waals surface area contributed by atoms with Crippen molar-refractivity contribution in [3.63, 3.8) is 0 Å². The van der Waals surface area contributed by atoms with Crippen molar-refractivity contribution in [1.82, 2.24) is 19.9 Å². The van der Waals surface area contributed by atoms with E-state index in [0.29, 0.717) is 37.6 Å². The SMILES string of the molecule is O=C1CC(C(=O)N2CCC(c3nc(-c4ccccc4)no3)CC2)CN1CC(F)(F)F. The number of halogens is 3. The highest BCUT2D eigenvalue weighted by Gasteiger charge is 2.42. The predicted molar refractivity (Wildman–Crippen MR) is 99.0 cm³/mol. The Morgan fingerprint density at radius 2 is 1.87 bits per heavy atom. The van der Waals surface area contributed by atoms with Crippen LogP contribution < -0.4 is 0 Å². The molecule has 3 heterocycles. The second-order valence-corrected chi connectivity index (χ2v) is 7.71. The Hall–Kier alpha value is -2.91. The summed E-state index contributed by atoms with van der Waals surface area (Å²) in [6.07, 6.45) is -3.39. The summed E-state index contributed by atoms with van der Waals surface area (Å²) < 4.78 is 43.1. The van der Waals surface area contributed by atoms with Crippen LogP contribution in [0.2, 0.25) is 0 Å². The van der Waals surface area contributed by atoms with Crippen molar-refractivity contribution >= 4 is 11.8 Å². The van der Waals surface area contributed by atoms with Crippen molar-refractivity contribution in [1.29, 1.82) is 0 Å². The number of aromatic nitrogens is 2. The third-order valence-corrected chi connectivity index (χ3v) is 5.56. The van der Waals surface area contributed by atoms with E-state index in [-0.39, 0.29) is 24.8 Å². The molecule has 0 aliphatic carbocycles. The van der Waals surface area contributed by atoms with E-state index in [4.69, 9.17) is 4.52 Å². The fourth-order valence-electron chi connectivity index (χ4n) is 4.02. The Morgan fingerprint density at radius 1 is 1.17 bits per heavy atom. The fraction of sp³-hybridized carbons (Fsp3) is 0.500. The Labute approximate surface area is 170 Å². The van der Waals surface area contributed by atoms with E-state index in [0.717, 1.165) is 10.5 Å². The summed E-state index contributed by atoms with van der Waals surface area (Å²) in [5.74, 6) is -0.552. The Bertz CT molecular complexity index is 908. The number of benzene rings is 1. The molecule has 0 radical (unpaired) electrons. The number of alkyl halides is 3. The monoisotopic (exact) mass is 422 g/mol. The van der Waals surface area contributed by atoms with E-state index in [9.17, 15) is 22.8 Å². The van der Waals surface area contributed by atoms with Gasteiger partial charge in [-0.05, 0) is 12.8 Å². The number of carbonyl (C=O) groups is 2. The third kappa shape index (κ3) is 4.47. The molecule has 10 heteroatoms. The largest absolute Gasteiger partial charge is 0.406 e. The molecule has 1 aromatic heterocycles. The number of nitrogens with zero attached hydrogens (tertiary/aromatic N) is 4. The zero-order valence-electron chi connectivity index (χ0n) is 16.1. The normalized spacial score (nSPS) is 20.8. The van der Waals surface area contributed by atoms with E-state index < -0.39 is 24.5 Å². The van der Waals surface area contributed by atoms with E-state index in [1.54, 1.807) is 4.90 Å². The molecule has 7 nitrogen and oxygen atoms in total. The van der Waals surface area contributed by atoms with Crippen LogP contribution in [0.4, 0.5) is 13.2 Å². The average molecular weight is 422 g/mol. The predicted octanol–water partition coefficient (Wildman–Crippen LogP) is 2.85. The van der Waals surface area contributed by atoms with E-state index in [2.05, 4.69) is 10.1 Å². The highest BCUT2D eigenvalue weighted by molar-refractivity contribution is 5.89. The summed E-state index contributed by atoms with van der Waals surface area (Å²) in [6.45, 7) is -0.604. The van der Waals surface area contributed by atoms with Gasteiger partial charge in [-0.1, -0.05) is 35.5 Å². The molecule has 2 saturated heterocycles. The molecule has 0 spiro atoms. The molecule has 0 N–H and O–H groups in total. The summed E-state index contributed by atoms with van der Waals surface area (Å²) >= 11 is 0. The highest BCUT2D eigenvalue weighted by atomic mass is 19.4. The van der Waals surface area contributed by atoms with Gasteiger partial charge in [0.1, 0.15) is 6.54 Å². The molecular weight excluding hydrogens is 401 g/mol. The van der Waals surface area contributed by atoms with Crippen LogP contribution in [0.15, 0.2) is 34.9 Å².